The van der Waals surface area contributed by atoms with E-state index in [1.54, 1.807) is 0 Å². The molecule has 1 saturated carbocycles. The molecule has 1 aliphatic rings. The normalized spacial score (nSPS) is 16.8. The summed E-state index contributed by atoms with van der Waals surface area (Å²) in [5, 5.41) is 6.11. The Bertz CT molecular complexity index is 192. The largest absolute Gasteiger partial charge is 0.352 e. The maximum Gasteiger partial charge on any atom is 0.234 e. The minimum absolute atomic E-state index is 0.140. The average molecular weight is 198 g/mol. The highest BCUT2D eigenvalue weighted by atomic mass is 16.2. The first-order chi connectivity index (χ1) is 6.47. The molecule has 0 aromatic rings. The molecule has 0 heterocycles. The minimum Gasteiger partial charge on any atom is -0.352 e. The number of hydrogen-bond acceptors (Lipinski definition) is 2. The van der Waals surface area contributed by atoms with E-state index in [0.717, 1.165) is 25.8 Å². The zero-order valence-electron chi connectivity index (χ0n) is 9.52. The Morgan fingerprint density at radius 2 is 2.00 bits per heavy atom. The molecule has 0 spiro atoms. The van der Waals surface area contributed by atoms with Crippen LogP contribution < -0.4 is 10.6 Å². The van der Waals surface area contributed by atoms with Crippen molar-refractivity contribution in [2.75, 3.05) is 13.1 Å². The lowest BCUT2D eigenvalue weighted by atomic mass is 9.92. The minimum atomic E-state index is 0.140. The highest BCUT2D eigenvalue weighted by Crippen LogP contribution is 2.18. The van der Waals surface area contributed by atoms with E-state index in [1.807, 2.05) is 0 Å². The summed E-state index contributed by atoms with van der Waals surface area (Å²) >= 11 is 0. The smallest absolute Gasteiger partial charge is 0.234 e. The molecule has 0 unspecified atom stereocenters. The van der Waals surface area contributed by atoms with E-state index in [-0.39, 0.29) is 5.91 Å². The van der Waals surface area contributed by atoms with Gasteiger partial charge in [-0.25, -0.2) is 0 Å². The number of carbonyl (C=O) groups is 1. The predicted octanol–water partition coefficient (Wildman–Crippen LogP) is 1.29. The second-order valence-corrected chi connectivity index (χ2v) is 5.33. The molecule has 0 radical (unpaired) electrons. The molecule has 2 N–H and O–H groups in total. The molecule has 0 atom stereocenters. The van der Waals surface area contributed by atoms with Gasteiger partial charge >= 0.3 is 0 Å². The van der Waals surface area contributed by atoms with E-state index in [9.17, 15) is 4.79 Å². The molecule has 1 amide bonds. The van der Waals surface area contributed by atoms with E-state index < -0.39 is 0 Å². The summed E-state index contributed by atoms with van der Waals surface area (Å²) in [6.07, 6.45) is 3.42. The molecule has 1 aliphatic carbocycles. The second-order valence-electron chi connectivity index (χ2n) is 5.33. The van der Waals surface area contributed by atoms with Gasteiger partial charge in [0.05, 0.1) is 6.54 Å². The molecule has 14 heavy (non-hydrogen) atoms. The van der Waals surface area contributed by atoms with Crippen LogP contribution in [0.3, 0.4) is 0 Å². The summed E-state index contributed by atoms with van der Waals surface area (Å²) in [6, 6.07) is 0.479. The Hall–Kier alpha value is -0.570. The lowest BCUT2D eigenvalue weighted by Gasteiger charge is -2.17. The van der Waals surface area contributed by atoms with Gasteiger partial charge in [-0.1, -0.05) is 20.8 Å². The molecule has 0 saturated heterocycles. The first-order valence-corrected chi connectivity index (χ1v) is 5.47. The fourth-order valence-corrected chi connectivity index (χ4v) is 1.17. The van der Waals surface area contributed by atoms with Crippen molar-refractivity contribution in [2.24, 2.45) is 5.41 Å². The summed E-state index contributed by atoms with van der Waals surface area (Å²) in [5.74, 6) is 0.140. The monoisotopic (exact) mass is 198 g/mol. The van der Waals surface area contributed by atoms with Gasteiger partial charge in [0.1, 0.15) is 0 Å². The van der Waals surface area contributed by atoms with Crippen LogP contribution in [-0.4, -0.2) is 25.0 Å². The van der Waals surface area contributed by atoms with Gasteiger partial charge in [0.2, 0.25) is 5.91 Å². The van der Waals surface area contributed by atoms with Crippen LogP contribution in [0.25, 0.3) is 0 Å². The number of hydrogen-bond donors (Lipinski definition) is 2. The predicted molar refractivity (Wildman–Crippen MR) is 58.1 cm³/mol. The molecule has 0 aromatic heterocycles. The molecule has 1 fully saturated rings. The maximum absolute atomic E-state index is 11.2. The van der Waals surface area contributed by atoms with Crippen molar-refractivity contribution in [1.82, 2.24) is 10.6 Å². The van der Waals surface area contributed by atoms with Crippen molar-refractivity contribution in [3.05, 3.63) is 0 Å². The fourth-order valence-electron chi connectivity index (χ4n) is 1.17. The quantitative estimate of drug-likeness (QED) is 0.654. The number of nitrogens with one attached hydrogen (secondary N) is 2. The van der Waals surface area contributed by atoms with Gasteiger partial charge in [-0.15, -0.1) is 0 Å². The maximum atomic E-state index is 11.2. The molecular weight excluding hydrogens is 176 g/mol. The van der Waals surface area contributed by atoms with Crippen LogP contribution in [0.15, 0.2) is 0 Å². The van der Waals surface area contributed by atoms with Crippen LogP contribution in [0.5, 0.6) is 0 Å². The zero-order chi connectivity index (χ0) is 10.6. The third-order valence-electron chi connectivity index (χ3n) is 2.28. The van der Waals surface area contributed by atoms with Crippen molar-refractivity contribution < 1.29 is 4.79 Å². The summed E-state index contributed by atoms with van der Waals surface area (Å²) < 4.78 is 0. The first-order valence-electron chi connectivity index (χ1n) is 5.47. The average Bonchev–Trinajstić information content (AvgIpc) is 2.80. The van der Waals surface area contributed by atoms with E-state index in [4.69, 9.17) is 0 Å². The molecule has 3 nitrogen and oxygen atoms in total. The number of carbonyl (C=O) groups excluding carboxylic acids is 1. The molecule has 0 aromatic carbocycles. The van der Waals surface area contributed by atoms with E-state index in [0.29, 0.717) is 18.0 Å². The van der Waals surface area contributed by atoms with Crippen molar-refractivity contribution in [3.63, 3.8) is 0 Å². The third kappa shape index (κ3) is 5.97. The SMILES string of the molecule is CC(C)(C)CCNCC(=O)NC1CC1. The van der Waals surface area contributed by atoms with Gasteiger partial charge < -0.3 is 10.6 Å². The Balaban J connectivity index is 1.94. The van der Waals surface area contributed by atoms with Crippen LogP contribution >= 0.6 is 0 Å². The molecule has 0 bridgehead atoms. The van der Waals surface area contributed by atoms with Crippen molar-refractivity contribution in [1.29, 1.82) is 0 Å². The third-order valence-corrected chi connectivity index (χ3v) is 2.28. The van der Waals surface area contributed by atoms with E-state index in [1.165, 1.54) is 0 Å². The van der Waals surface area contributed by atoms with Crippen LogP contribution in [0.1, 0.15) is 40.0 Å². The highest BCUT2D eigenvalue weighted by Gasteiger charge is 2.22. The Morgan fingerprint density at radius 1 is 1.36 bits per heavy atom. The summed E-state index contributed by atoms with van der Waals surface area (Å²) in [6.45, 7) is 8.00. The highest BCUT2D eigenvalue weighted by molar-refractivity contribution is 5.78. The van der Waals surface area contributed by atoms with Gasteiger partial charge in [0, 0.05) is 6.04 Å². The van der Waals surface area contributed by atoms with Crippen molar-refractivity contribution >= 4 is 5.91 Å². The fraction of sp³-hybridized carbons (Fsp3) is 0.909. The second kappa shape index (κ2) is 4.78. The van der Waals surface area contributed by atoms with Crippen molar-refractivity contribution in [2.45, 2.75) is 46.1 Å². The van der Waals surface area contributed by atoms with Crippen LogP contribution in [0.2, 0.25) is 0 Å². The van der Waals surface area contributed by atoms with Crippen LogP contribution in [-0.2, 0) is 4.79 Å². The Morgan fingerprint density at radius 3 is 2.50 bits per heavy atom. The number of rotatable bonds is 5. The molecule has 1 rings (SSSR count). The lowest BCUT2D eigenvalue weighted by Crippen LogP contribution is -2.36. The van der Waals surface area contributed by atoms with Gasteiger partial charge in [0.15, 0.2) is 0 Å². The summed E-state index contributed by atoms with van der Waals surface area (Å²) in [7, 11) is 0. The summed E-state index contributed by atoms with van der Waals surface area (Å²) in [4.78, 5) is 11.2. The standard InChI is InChI=1S/C11H22N2O/c1-11(2,3)6-7-12-8-10(14)13-9-4-5-9/h9,12H,4-8H2,1-3H3,(H,13,14). The molecule has 82 valence electrons. The van der Waals surface area contributed by atoms with Crippen LogP contribution in [0, 0.1) is 5.41 Å². The van der Waals surface area contributed by atoms with Crippen molar-refractivity contribution in [3.8, 4) is 0 Å². The topological polar surface area (TPSA) is 41.1 Å². The van der Waals surface area contributed by atoms with Gasteiger partial charge in [-0.3, -0.25) is 4.79 Å². The first kappa shape index (κ1) is 11.5. The molecule has 3 heteroatoms. The van der Waals surface area contributed by atoms with Gasteiger partial charge in [0.25, 0.3) is 0 Å². The Labute approximate surface area is 86.6 Å². The number of amides is 1. The molecule has 0 aliphatic heterocycles. The lowest BCUT2D eigenvalue weighted by molar-refractivity contribution is -0.120. The summed E-state index contributed by atoms with van der Waals surface area (Å²) in [5.41, 5.74) is 0.347. The van der Waals surface area contributed by atoms with E-state index >= 15 is 0 Å². The van der Waals surface area contributed by atoms with E-state index in [2.05, 4.69) is 31.4 Å². The van der Waals surface area contributed by atoms with Gasteiger partial charge in [-0.2, -0.15) is 0 Å². The Kier molecular flexibility index (Phi) is 3.93. The van der Waals surface area contributed by atoms with Gasteiger partial charge in [-0.05, 0) is 31.2 Å². The van der Waals surface area contributed by atoms with Crippen LogP contribution in [0.4, 0.5) is 0 Å². The zero-order valence-corrected chi connectivity index (χ0v) is 9.52. The molecular formula is C11H22N2O.